The summed E-state index contributed by atoms with van der Waals surface area (Å²) in [5.41, 5.74) is 0.264. The molecule has 1 saturated heterocycles. The second kappa shape index (κ2) is 5.51. The van der Waals surface area contributed by atoms with Crippen molar-refractivity contribution in [2.75, 3.05) is 18.0 Å². The molecule has 0 radical (unpaired) electrons. The van der Waals surface area contributed by atoms with Crippen LogP contribution >= 0.6 is 11.8 Å². The van der Waals surface area contributed by atoms with Gasteiger partial charge in [0.15, 0.2) is 0 Å². The number of hydrogen-bond acceptors (Lipinski definition) is 4. The molecule has 4 rings (SSSR count). The number of aromatic nitrogens is 1. The molecular weight excluding hydrogens is 331 g/mol. The van der Waals surface area contributed by atoms with Crippen molar-refractivity contribution >= 4 is 34.3 Å². The number of benzene rings is 1. The predicted molar refractivity (Wildman–Crippen MR) is 91.8 cm³/mol. The summed E-state index contributed by atoms with van der Waals surface area (Å²) in [5.74, 6) is -1.72. The van der Waals surface area contributed by atoms with Gasteiger partial charge in [-0.15, -0.1) is 0 Å². The molecule has 1 unspecified atom stereocenters. The number of fused-ring (bicyclic) bond motifs is 3. The Kier molecular flexibility index (Phi) is 3.56. The molecule has 0 aliphatic carbocycles. The lowest BCUT2D eigenvalue weighted by molar-refractivity contribution is 0.0689. The molecule has 1 atom stereocenters. The molecule has 0 amide bonds. The number of carboxylic acid groups (broad SMARTS) is 1. The minimum atomic E-state index is -1.26. The van der Waals surface area contributed by atoms with Crippen LogP contribution in [0.1, 0.15) is 41.9 Å². The van der Waals surface area contributed by atoms with Crippen molar-refractivity contribution in [3.63, 3.8) is 0 Å². The van der Waals surface area contributed by atoms with Crippen molar-refractivity contribution < 1.29 is 14.3 Å². The molecule has 2 aliphatic rings. The van der Waals surface area contributed by atoms with E-state index in [0.29, 0.717) is 16.2 Å². The van der Waals surface area contributed by atoms with E-state index < -0.39 is 17.2 Å². The normalized spacial score (nSPS) is 19.9. The fourth-order valence-corrected chi connectivity index (χ4v) is 4.76. The van der Waals surface area contributed by atoms with Gasteiger partial charge in [-0.2, -0.15) is 0 Å². The summed E-state index contributed by atoms with van der Waals surface area (Å²) in [6.45, 7) is 3.55. The van der Waals surface area contributed by atoms with Crippen molar-refractivity contribution in [1.29, 1.82) is 0 Å². The van der Waals surface area contributed by atoms with Gasteiger partial charge in [0.1, 0.15) is 11.4 Å². The largest absolute Gasteiger partial charge is 0.477 e. The number of carboxylic acids is 1. The third-order valence-corrected chi connectivity index (χ3v) is 5.96. The third-order valence-electron chi connectivity index (χ3n) is 4.79. The van der Waals surface area contributed by atoms with Crippen molar-refractivity contribution in [2.45, 2.75) is 36.6 Å². The zero-order valence-electron chi connectivity index (χ0n) is 13.2. The molecule has 0 saturated carbocycles. The fourth-order valence-electron chi connectivity index (χ4n) is 3.60. The van der Waals surface area contributed by atoms with Crippen LogP contribution < -0.4 is 10.3 Å². The first-order chi connectivity index (χ1) is 11.5. The zero-order valence-corrected chi connectivity index (χ0v) is 14.0. The second-order valence-corrected chi connectivity index (χ2v) is 7.57. The van der Waals surface area contributed by atoms with E-state index in [0.717, 1.165) is 32.4 Å². The molecule has 2 aliphatic heterocycles. The van der Waals surface area contributed by atoms with Gasteiger partial charge in [0, 0.05) is 18.5 Å². The molecule has 3 heterocycles. The number of hydrogen-bond donors (Lipinski definition) is 1. The van der Waals surface area contributed by atoms with E-state index in [9.17, 15) is 19.1 Å². The van der Waals surface area contributed by atoms with Crippen molar-refractivity contribution in [2.24, 2.45) is 0 Å². The topological polar surface area (TPSA) is 62.5 Å². The van der Waals surface area contributed by atoms with Crippen molar-refractivity contribution in [3.05, 3.63) is 33.7 Å². The molecule has 5 nitrogen and oxygen atoms in total. The van der Waals surface area contributed by atoms with Gasteiger partial charge in [-0.3, -0.25) is 4.79 Å². The standard InChI is InChI=1S/C17H17FN2O3S/c1-9-20-12-8-13(19-5-3-2-4-6-19)11(18)7-10(12)15(21)14(17(22)23)16(20)24-9/h7-9H,2-6H2,1H3,(H,22,23). The Labute approximate surface area is 142 Å². The van der Waals surface area contributed by atoms with Crippen LogP contribution in [0.2, 0.25) is 0 Å². The number of carbonyl (C=O) groups is 1. The highest BCUT2D eigenvalue weighted by Gasteiger charge is 2.33. The second-order valence-electron chi connectivity index (χ2n) is 6.27. The Hall–Kier alpha value is -2.02. The van der Waals surface area contributed by atoms with Crippen LogP contribution in [0.3, 0.4) is 0 Å². The van der Waals surface area contributed by atoms with Gasteiger partial charge < -0.3 is 14.6 Å². The fraction of sp³-hybridized carbons (Fsp3) is 0.412. The highest BCUT2D eigenvalue weighted by atomic mass is 32.2. The van der Waals surface area contributed by atoms with Gasteiger partial charge in [-0.05, 0) is 38.3 Å². The number of nitrogens with zero attached hydrogens (tertiary/aromatic N) is 2. The predicted octanol–water partition coefficient (Wildman–Crippen LogP) is 3.45. The van der Waals surface area contributed by atoms with E-state index in [1.54, 1.807) is 6.07 Å². The summed E-state index contributed by atoms with van der Waals surface area (Å²) < 4.78 is 16.5. The first kappa shape index (κ1) is 15.5. The number of halogens is 1. The van der Waals surface area contributed by atoms with Crippen LogP contribution in [0.25, 0.3) is 10.9 Å². The quantitative estimate of drug-likeness (QED) is 0.901. The Balaban J connectivity index is 1.99. The van der Waals surface area contributed by atoms with Crippen LogP contribution in [0.4, 0.5) is 10.1 Å². The number of rotatable bonds is 2. The Morgan fingerprint density at radius 2 is 2.00 bits per heavy atom. The monoisotopic (exact) mass is 348 g/mol. The lowest BCUT2D eigenvalue weighted by Crippen LogP contribution is -2.31. The SMILES string of the molecule is CC1Sc2c(C(=O)O)c(=O)c3cc(F)c(N4CCCCC4)cc3n21. The minimum Gasteiger partial charge on any atom is -0.477 e. The lowest BCUT2D eigenvalue weighted by atomic mass is 10.1. The van der Waals surface area contributed by atoms with E-state index in [-0.39, 0.29) is 16.3 Å². The van der Waals surface area contributed by atoms with Gasteiger partial charge in [-0.25, -0.2) is 9.18 Å². The molecule has 0 bridgehead atoms. The molecule has 1 aromatic heterocycles. The van der Waals surface area contributed by atoms with Gasteiger partial charge in [0.05, 0.1) is 21.6 Å². The molecule has 7 heteroatoms. The number of thioether (sulfide) groups is 1. The molecule has 2 aromatic rings. The molecule has 24 heavy (non-hydrogen) atoms. The Morgan fingerprint density at radius 1 is 1.29 bits per heavy atom. The molecule has 1 N–H and O–H groups in total. The summed E-state index contributed by atoms with van der Waals surface area (Å²) in [4.78, 5) is 26.0. The van der Waals surface area contributed by atoms with Gasteiger partial charge in [-0.1, -0.05) is 11.8 Å². The number of pyridine rings is 1. The molecule has 1 fully saturated rings. The highest BCUT2D eigenvalue weighted by Crippen LogP contribution is 2.46. The lowest BCUT2D eigenvalue weighted by Gasteiger charge is -2.34. The number of piperidine rings is 1. The smallest absolute Gasteiger partial charge is 0.342 e. The Morgan fingerprint density at radius 3 is 2.62 bits per heavy atom. The third kappa shape index (κ3) is 2.14. The van der Waals surface area contributed by atoms with Gasteiger partial charge >= 0.3 is 5.97 Å². The summed E-state index contributed by atoms with van der Waals surface area (Å²) in [6, 6.07) is 2.92. The minimum absolute atomic E-state index is 0.0286. The summed E-state index contributed by atoms with van der Waals surface area (Å²) >= 11 is 1.36. The van der Waals surface area contributed by atoms with Crippen LogP contribution in [0, 0.1) is 5.82 Å². The number of anilines is 1. The van der Waals surface area contributed by atoms with E-state index >= 15 is 0 Å². The highest BCUT2D eigenvalue weighted by molar-refractivity contribution is 8.00. The van der Waals surface area contributed by atoms with Crippen LogP contribution in [0.15, 0.2) is 22.0 Å². The van der Waals surface area contributed by atoms with Crippen LogP contribution in [0.5, 0.6) is 0 Å². The zero-order chi connectivity index (χ0) is 17.0. The molecule has 1 aromatic carbocycles. The van der Waals surface area contributed by atoms with E-state index in [1.807, 2.05) is 16.4 Å². The summed E-state index contributed by atoms with van der Waals surface area (Å²) in [6.07, 6.45) is 3.20. The number of aromatic carboxylic acids is 1. The van der Waals surface area contributed by atoms with Crippen LogP contribution in [-0.2, 0) is 0 Å². The van der Waals surface area contributed by atoms with E-state index in [4.69, 9.17) is 0 Å². The summed E-state index contributed by atoms with van der Waals surface area (Å²) in [5, 5.41) is 9.98. The summed E-state index contributed by atoms with van der Waals surface area (Å²) in [7, 11) is 0. The first-order valence-electron chi connectivity index (χ1n) is 8.05. The maximum atomic E-state index is 14.6. The van der Waals surface area contributed by atoms with Crippen LogP contribution in [-0.4, -0.2) is 28.7 Å². The Bertz CT molecular complexity index is 918. The maximum Gasteiger partial charge on any atom is 0.342 e. The van der Waals surface area contributed by atoms with Crippen molar-refractivity contribution in [1.82, 2.24) is 4.57 Å². The van der Waals surface area contributed by atoms with Gasteiger partial charge in [0.25, 0.3) is 0 Å². The average Bonchev–Trinajstić information content (AvgIpc) is 2.55. The van der Waals surface area contributed by atoms with E-state index in [2.05, 4.69) is 0 Å². The van der Waals surface area contributed by atoms with E-state index in [1.165, 1.54) is 17.8 Å². The molecule has 0 spiro atoms. The molecular formula is C17H17FN2O3S. The first-order valence-corrected chi connectivity index (χ1v) is 8.93. The average molecular weight is 348 g/mol. The van der Waals surface area contributed by atoms with Gasteiger partial charge in [0.2, 0.25) is 5.43 Å². The molecule has 126 valence electrons. The van der Waals surface area contributed by atoms with Crippen molar-refractivity contribution in [3.8, 4) is 0 Å². The maximum absolute atomic E-state index is 14.6.